The first-order valence-electron chi connectivity index (χ1n) is 7.78. The minimum atomic E-state index is -0.566. The second kappa shape index (κ2) is 7.05. The standard InChI is InChI=1S/C18H16ClN3O4/c1-3-26-18(24)11-6-9(19)7-12-14(11)15(20)16(22-12)17(23)13-8-10(25-2)4-5-21-13/h4-8,22H,3,20H2,1-2H3. The van der Waals surface area contributed by atoms with Gasteiger partial charge in [-0.25, -0.2) is 4.79 Å². The number of pyridine rings is 1. The normalized spacial score (nSPS) is 10.7. The molecular weight excluding hydrogens is 358 g/mol. The van der Waals surface area contributed by atoms with Crippen LogP contribution in [0.2, 0.25) is 5.02 Å². The van der Waals surface area contributed by atoms with Crippen molar-refractivity contribution in [2.45, 2.75) is 6.92 Å². The summed E-state index contributed by atoms with van der Waals surface area (Å²) in [5.41, 5.74) is 7.24. The molecule has 0 spiro atoms. The van der Waals surface area contributed by atoms with Crippen molar-refractivity contribution in [3.05, 3.63) is 52.4 Å². The molecule has 0 atom stereocenters. The number of nitrogens with two attached hydrogens (primary N) is 1. The molecule has 134 valence electrons. The summed E-state index contributed by atoms with van der Waals surface area (Å²) < 4.78 is 10.2. The lowest BCUT2D eigenvalue weighted by Gasteiger charge is -2.05. The van der Waals surface area contributed by atoms with Gasteiger partial charge in [0.1, 0.15) is 17.1 Å². The maximum absolute atomic E-state index is 12.8. The SMILES string of the molecule is CCOC(=O)c1cc(Cl)cc2[nH]c(C(=O)c3cc(OC)ccn3)c(N)c12. The average molecular weight is 374 g/mol. The van der Waals surface area contributed by atoms with Gasteiger partial charge in [-0.05, 0) is 25.1 Å². The summed E-state index contributed by atoms with van der Waals surface area (Å²) in [4.78, 5) is 32.0. The van der Waals surface area contributed by atoms with Gasteiger partial charge in [-0.3, -0.25) is 9.78 Å². The van der Waals surface area contributed by atoms with Crippen molar-refractivity contribution in [1.29, 1.82) is 0 Å². The van der Waals surface area contributed by atoms with Crippen molar-refractivity contribution in [1.82, 2.24) is 9.97 Å². The zero-order valence-electron chi connectivity index (χ0n) is 14.1. The third kappa shape index (κ3) is 3.09. The average Bonchev–Trinajstić information content (AvgIpc) is 2.97. The molecule has 3 rings (SSSR count). The molecule has 2 heterocycles. The van der Waals surface area contributed by atoms with Gasteiger partial charge < -0.3 is 20.2 Å². The van der Waals surface area contributed by atoms with E-state index in [1.807, 2.05) is 0 Å². The Labute approximate surface area is 154 Å². The molecule has 0 bridgehead atoms. The van der Waals surface area contributed by atoms with E-state index >= 15 is 0 Å². The van der Waals surface area contributed by atoms with Crippen LogP contribution >= 0.6 is 11.6 Å². The van der Waals surface area contributed by atoms with Crippen LogP contribution in [0.15, 0.2) is 30.5 Å². The van der Waals surface area contributed by atoms with E-state index in [1.54, 1.807) is 19.1 Å². The number of anilines is 1. The van der Waals surface area contributed by atoms with Crippen molar-refractivity contribution in [3.63, 3.8) is 0 Å². The molecule has 3 N–H and O–H groups in total. The first-order chi connectivity index (χ1) is 12.5. The molecule has 0 unspecified atom stereocenters. The number of nitrogen functional groups attached to an aromatic ring is 1. The highest BCUT2D eigenvalue weighted by Crippen LogP contribution is 2.33. The molecule has 0 aliphatic rings. The minimum absolute atomic E-state index is 0.119. The maximum Gasteiger partial charge on any atom is 0.338 e. The van der Waals surface area contributed by atoms with E-state index in [1.165, 1.54) is 25.4 Å². The molecule has 1 aromatic carbocycles. The fraction of sp³-hybridized carbons (Fsp3) is 0.167. The van der Waals surface area contributed by atoms with Crippen LogP contribution in [0.1, 0.15) is 33.5 Å². The Morgan fingerprint density at radius 1 is 1.31 bits per heavy atom. The Balaban J connectivity index is 2.16. The number of ketones is 1. The van der Waals surface area contributed by atoms with Crippen LogP contribution in [0.5, 0.6) is 5.75 Å². The Morgan fingerprint density at radius 2 is 2.08 bits per heavy atom. The molecule has 0 aliphatic carbocycles. The van der Waals surface area contributed by atoms with E-state index in [0.717, 1.165) is 0 Å². The molecule has 3 aromatic rings. The Bertz CT molecular complexity index is 1010. The molecule has 8 heteroatoms. The fourth-order valence-corrected chi connectivity index (χ4v) is 2.88. The summed E-state index contributed by atoms with van der Waals surface area (Å²) in [7, 11) is 1.49. The first-order valence-corrected chi connectivity index (χ1v) is 8.16. The summed E-state index contributed by atoms with van der Waals surface area (Å²) in [6, 6.07) is 6.19. The zero-order chi connectivity index (χ0) is 18.8. The number of benzene rings is 1. The number of nitrogens with one attached hydrogen (secondary N) is 1. The van der Waals surface area contributed by atoms with Gasteiger partial charge in [0.05, 0.1) is 30.5 Å². The van der Waals surface area contributed by atoms with Crippen LogP contribution in [0.25, 0.3) is 10.9 Å². The van der Waals surface area contributed by atoms with E-state index in [0.29, 0.717) is 21.7 Å². The molecule has 0 aliphatic heterocycles. The molecule has 26 heavy (non-hydrogen) atoms. The van der Waals surface area contributed by atoms with Crippen LogP contribution in [0, 0.1) is 0 Å². The quantitative estimate of drug-likeness (QED) is 0.525. The molecule has 0 saturated heterocycles. The number of aromatic amines is 1. The summed E-state index contributed by atoms with van der Waals surface area (Å²) in [6.07, 6.45) is 1.46. The second-order valence-corrected chi connectivity index (χ2v) is 5.86. The predicted molar refractivity (Wildman–Crippen MR) is 97.9 cm³/mol. The van der Waals surface area contributed by atoms with E-state index in [-0.39, 0.29) is 29.2 Å². The number of carbonyl (C=O) groups is 2. The third-order valence-electron chi connectivity index (χ3n) is 3.82. The number of rotatable bonds is 5. The second-order valence-electron chi connectivity index (χ2n) is 5.42. The van der Waals surface area contributed by atoms with Gasteiger partial charge in [-0.15, -0.1) is 0 Å². The maximum atomic E-state index is 12.8. The van der Waals surface area contributed by atoms with Crippen LogP contribution in [-0.2, 0) is 4.74 Å². The highest BCUT2D eigenvalue weighted by molar-refractivity contribution is 6.32. The summed E-state index contributed by atoms with van der Waals surface area (Å²) >= 11 is 6.08. The lowest BCUT2D eigenvalue weighted by atomic mass is 10.1. The number of nitrogens with zero attached hydrogens (tertiary/aromatic N) is 1. The number of methoxy groups -OCH3 is 1. The van der Waals surface area contributed by atoms with Gasteiger partial charge in [0.25, 0.3) is 0 Å². The van der Waals surface area contributed by atoms with Gasteiger partial charge in [-0.2, -0.15) is 0 Å². The number of halogens is 1. The van der Waals surface area contributed by atoms with Crippen molar-refractivity contribution < 1.29 is 19.1 Å². The van der Waals surface area contributed by atoms with Gasteiger partial charge in [0.15, 0.2) is 0 Å². The fourth-order valence-electron chi connectivity index (χ4n) is 2.66. The van der Waals surface area contributed by atoms with E-state index in [9.17, 15) is 9.59 Å². The number of esters is 1. The Hall–Kier alpha value is -3.06. The molecule has 0 amide bonds. The Kier molecular flexibility index (Phi) is 4.81. The summed E-state index contributed by atoms with van der Waals surface area (Å²) in [5.74, 6) is -0.499. The molecule has 0 saturated carbocycles. The largest absolute Gasteiger partial charge is 0.497 e. The first kappa shape index (κ1) is 17.8. The van der Waals surface area contributed by atoms with Gasteiger partial charge in [0.2, 0.25) is 5.78 Å². The number of H-pyrrole nitrogens is 1. The van der Waals surface area contributed by atoms with Crippen molar-refractivity contribution in [2.75, 3.05) is 19.5 Å². The molecule has 2 aromatic heterocycles. The van der Waals surface area contributed by atoms with E-state index in [4.69, 9.17) is 26.8 Å². The lowest BCUT2D eigenvalue weighted by molar-refractivity contribution is 0.0528. The van der Waals surface area contributed by atoms with E-state index in [2.05, 4.69) is 9.97 Å². The van der Waals surface area contributed by atoms with E-state index < -0.39 is 11.8 Å². The van der Waals surface area contributed by atoms with Gasteiger partial charge in [0, 0.05) is 22.7 Å². The Morgan fingerprint density at radius 3 is 2.77 bits per heavy atom. The number of ether oxygens (including phenoxy) is 2. The monoisotopic (exact) mass is 373 g/mol. The van der Waals surface area contributed by atoms with Crippen LogP contribution < -0.4 is 10.5 Å². The lowest BCUT2D eigenvalue weighted by Crippen LogP contribution is -2.08. The van der Waals surface area contributed by atoms with Crippen molar-refractivity contribution in [2.24, 2.45) is 0 Å². The van der Waals surface area contributed by atoms with Crippen LogP contribution in [0.3, 0.4) is 0 Å². The van der Waals surface area contributed by atoms with Crippen LogP contribution in [-0.4, -0.2) is 35.4 Å². The predicted octanol–water partition coefficient (Wildman–Crippen LogP) is 3.21. The van der Waals surface area contributed by atoms with Gasteiger partial charge in [-0.1, -0.05) is 11.6 Å². The molecule has 0 radical (unpaired) electrons. The summed E-state index contributed by atoms with van der Waals surface area (Å²) in [6.45, 7) is 1.90. The number of aromatic nitrogens is 2. The molecule has 7 nitrogen and oxygen atoms in total. The number of carbonyl (C=O) groups excluding carboxylic acids is 2. The van der Waals surface area contributed by atoms with Gasteiger partial charge >= 0.3 is 5.97 Å². The smallest absolute Gasteiger partial charge is 0.338 e. The minimum Gasteiger partial charge on any atom is -0.497 e. The van der Waals surface area contributed by atoms with Crippen molar-refractivity contribution in [3.8, 4) is 5.75 Å². The number of hydrogen-bond acceptors (Lipinski definition) is 6. The highest BCUT2D eigenvalue weighted by atomic mass is 35.5. The number of hydrogen-bond donors (Lipinski definition) is 2. The summed E-state index contributed by atoms with van der Waals surface area (Å²) in [5, 5.41) is 0.708. The molecule has 0 fully saturated rings. The van der Waals surface area contributed by atoms with Crippen LogP contribution in [0.4, 0.5) is 5.69 Å². The topological polar surface area (TPSA) is 107 Å². The molecular formula is C18H16ClN3O4. The van der Waals surface area contributed by atoms with Crippen molar-refractivity contribution >= 4 is 39.9 Å². The zero-order valence-corrected chi connectivity index (χ0v) is 14.9. The number of fused-ring (bicyclic) bond motifs is 1. The highest BCUT2D eigenvalue weighted by Gasteiger charge is 2.23. The third-order valence-corrected chi connectivity index (χ3v) is 4.04.